The SMILES string of the molecule is Cl.c1cc([C@@H]2CNCCN2)co1. The molecule has 4 heteroatoms. The van der Waals surface area contributed by atoms with Crippen LogP contribution in [0, 0.1) is 0 Å². The van der Waals surface area contributed by atoms with Gasteiger partial charge in [0.05, 0.1) is 12.5 Å². The van der Waals surface area contributed by atoms with Crippen molar-refractivity contribution in [3.8, 4) is 0 Å². The highest BCUT2D eigenvalue weighted by molar-refractivity contribution is 5.85. The molecule has 2 N–H and O–H groups in total. The molecule has 1 aliphatic heterocycles. The molecule has 0 spiro atoms. The molecule has 0 aliphatic carbocycles. The van der Waals surface area contributed by atoms with Gasteiger partial charge in [-0.1, -0.05) is 0 Å². The van der Waals surface area contributed by atoms with E-state index in [0.29, 0.717) is 6.04 Å². The first-order chi connectivity index (χ1) is 5.47. The number of halogens is 1. The Bertz CT molecular complexity index is 207. The number of rotatable bonds is 1. The van der Waals surface area contributed by atoms with Crippen molar-refractivity contribution in [2.75, 3.05) is 19.6 Å². The fourth-order valence-corrected chi connectivity index (χ4v) is 1.36. The Kier molecular flexibility index (Phi) is 3.59. The van der Waals surface area contributed by atoms with Crippen molar-refractivity contribution in [2.24, 2.45) is 0 Å². The van der Waals surface area contributed by atoms with Crippen molar-refractivity contribution in [1.82, 2.24) is 10.6 Å². The third-order valence-electron chi connectivity index (χ3n) is 1.99. The van der Waals surface area contributed by atoms with Crippen LogP contribution in [0.15, 0.2) is 23.0 Å². The minimum absolute atomic E-state index is 0. The second-order valence-corrected chi connectivity index (χ2v) is 2.77. The normalized spacial score (nSPS) is 23.2. The number of hydrogen-bond acceptors (Lipinski definition) is 3. The van der Waals surface area contributed by atoms with E-state index in [-0.39, 0.29) is 12.4 Å². The van der Waals surface area contributed by atoms with Gasteiger partial charge in [0.25, 0.3) is 0 Å². The summed E-state index contributed by atoms with van der Waals surface area (Å²) in [5.74, 6) is 0. The molecule has 0 amide bonds. The molecule has 0 unspecified atom stereocenters. The fraction of sp³-hybridized carbons (Fsp3) is 0.500. The topological polar surface area (TPSA) is 37.2 Å². The zero-order valence-electron chi connectivity index (χ0n) is 6.75. The van der Waals surface area contributed by atoms with Crippen LogP contribution in [0.5, 0.6) is 0 Å². The molecule has 2 heterocycles. The van der Waals surface area contributed by atoms with Crippen LogP contribution in [0.2, 0.25) is 0 Å². The van der Waals surface area contributed by atoms with Gasteiger partial charge >= 0.3 is 0 Å². The number of piperazine rings is 1. The molecule has 3 nitrogen and oxygen atoms in total. The van der Waals surface area contributed by atoms with Crippen LogP contribution < -0.4 is 10.6 Å². The number of hydrogen-bond donors (Lipinski definition) is 2. The average molecular weight is 189 g/mol. The summed E-state index contributed by atoms with van der Waals surface area (Å²) in [7, 11) is 0. The minimum atomic E-state index is 0. The highest BCUT2D eigenvalue weighted by Crippen LogP contribution is 2.13. The van der Waals surface area contributed by atoms with Crippen LogP contribution in [0.4, 0.5) is 0 Å². The van der Waals surface area contributed by atoms with E-state index in [2.05, 4.69) is 10.6 Å². The summed E-state index contributed by atoms with van der Waals surface area (Å²) in [6.45, 7) is 3.10. The van der Waals surface area contributed by atoms with Gasteiger partial charge < -0.3 is 15.1 Å². The predicted octanol–water partition coefficient (Wildman–Crippen LogP) is 0.935. The van der Waals surface area contributed by atoms with Gasteiger partial charge in [0, 0.05) is 31.2 Å². The van der Waals surface area contributed by atoms with Crippen LogP contribution in [0.3, 0.4) is 0 Å². The zero-order chi connectivity index (χ0) is 7.52. The molecule has 1 saturated heterocycles. The van der Waals surface area contributed by atoms with Gasteiger partial charge in [-0.2, -0.15) is 0 Å². The minimum Gasteiger partial charge on any atom is -0.472 e. The maximum atomic E-state index is 5.00. The first-order valence-electron chi connectivity index (χ1n) is 3.93. The van der Waals surface area contributed by atoms with E-state index < -0.39 is 0 Å². The van der Waals surface area contributed by atoms with E-state index >= 15 is 0 Å². The molecule has 1 atom stereocenters. The Morgan fingerprint density at radius 3 is 2.92 bits per heavy atom. The van der Waals surface area contributed by atoms with Gasteiger partial charge in [-0.25, -0.2) is 0 Å². The average Bonchev–Trinajstić information content (AvgIpc) is 2.58. The Balaban J connectivity index is 0.000000720. The van der Waals surface area contributed by atoms with Gasteiger partial charge in [0.1, 0.15) is 0 Å². The summed E-state index contributed by atoms with van der Waals surface area (Å²) < 4.78 is 5.00. The van der Waals surface area contributed by atoms with E-state index in [1.54, 1.807) is 12.5 Å². The lowest BCUT2D eigenvalue weighted by molar-refractivity contribution is 0.426. The highest BCUT2D eigenvalue weighted by Gasteiger charge is 2.14. The van der Waals surface area contributed by atoms with Gasteiger partial charge in [-0.15, -0.1) is 12.4 Å². The lowest BCUT2D eigenvalue weighted by atomic mass is 10.1. The van der Waals surface area contributed by atoms with E-state index in [0.717, 1.165) is 19.6 Å². The van der Waals surface area contributed by atoms with Crippen LogP contribution >= 0.6 is 12.4 Å². The van der Waals surface area contributed by atoms with Crippen LogP contribution in [0.25, 0.3) is 0 Å². The van der Waals surface area contributed by atoms with E-state index in [1.807, 2.05) is 6.07 Å². The molecule has 1 aromatic rings. The summed E-state index contributed by atoms with van der Waals surface area (Å²) in [4.78, 5) is 0. The van der Waals surface area contributed by atoms with Crippen molar-refractivity contribution in [3.63, 3.8) is 0 Å². The zero-order valence-corrected chi connectivity index (χ0v) is 7.56. The molecular formula is C8H13ClN2O. The Morgan fingerprint density at radius 1 is 1.42 bits per heavy atom. The molecule has 0 bridgehead atoms. The van der Waals surface area contributed by atoms with Crippen LogP contribution in [-0.4, -0.2) is 19.6 Å². The monoisotopic (exact) mass is 188 g/mol. The van der Waals surface area contributed by atoms with Crippen LogP contribution in [-0.2, 0) is 0 Å². The second kappa shape index (κ2) is 4.50. The largest absolute Gasteiger partial charge is 0.472 e. The van der Waals surface area contributed by atoms with Crippen molar-refractivity contribution < 1.29 is 4.42 Å². The van der Waals surface area contributed by atoms with E-state index in [1.165, 1.54) is 5.56 Å². The molecule has 2 rings (SSSR count). The third-order valence-corrected chi connectivity index (χ3v) is 1.99. The van der Waals surface area contributed by atoms with Crippen molar-refractivity contribution in [3.05, 3.63) is 24.2 Å². The van der Waals surface area contributed by atoms with Gasteiger partial charge in [0.2, 0.25) is 0 Å². The lowest BCUT2D eigenvalue weighted by Gasteiger charge is -2.23. The maximum Gasteiger partial charge on any atom is 0.0950 e. The molecule has 12 heavy (non-hydrogen) atoms. The molecule has 1 fully saturated rings. The smallest absolute Gasteiger partial charge is 0.0950 e. The van der Waals surface area contributed by atoms with Crippen molar-refractivity contribution >= 4 is 12.4 Å². The van der Waals surface area contributed by atoms with Crippen molar-refractivity contribution in [1.29, 1.82) is 0 Å². The summed E-state index contributed by atoms with van der Waals surface area (Å²) in [6.07, 6.45) is 3.51. The molecule has 0 aromatic carbocycles. The highest BCUT2D eigenvalue weighted by atomic mass is 35.5. The first kappa shape index (κ1) is 9.58. The van der Waals surface area contributed by atoms with Crippen LogP contribution in [0.1, 0.15) is 11.6 Å². The predicted molar refractivity (Wildman–Crippen MR) is 49.6 cm³/mol. The van der Waals surface area contributed by atoms with Gasteiger partial charge in [-0.05, 0) is 6.07 Å². The second-order valence-electron chi connectivity index (χ2n) is 2.77. The molecular weight excluding hydrogens is 176 g/mol. The Hall–Kier alpha value is -0.510. The summed E-state index contributed by atoms with van der Waals surface area (Å²) >= 11 is 0. The molecule has 1 aromatic heterocycles. The summed E-state index contributed by atoms with van der Waals surface area (Å²) in [5.41, 5.74) is 1.23. The number of nitrogens with one attached hydrogen (secondary N) is 2. The first-order valence-corrected chi connectivity index (χ1v) is 3.93. The fourth-order valence-electron chi connectivity index (χ4n) is 1.36. The summed E-state index contributed by atoms with van der Waals surface area (Å²) in [5, 5.41) is 6.72. The molecule has 1 aliphatic rings. The molecule has 0 saturated carbocycles. The molecule has 0 radical (unpaired) electrons. The Labute approximate surface area is 77.9 Å². The van der Waals surface area contributed by atoms with Gasteiger partial charge in [-0.3, -0.25) is 0 Å². The summed E-state index contributed by atoms with van der Waals surface area (Å²) in [6, 6.07) is 2.44. The maximum absolute atomic E-state index is 5.00. The number of furan rings is 1. The van der Waals surface area contributed by atoms with E-state index in [9.17, 15) is 0 Å². The quantitative estimate of drug-likeness (QED) is 0.689. The Morgan fingerprint density at radius 2 is 2.33 bits per heavy atom. The standard InChI is InChI=1S/C8H12N2O.ClH/c1-4-11-6-7(1)8-5-9-2-3-10-8;/h1,4,6,8-10H,2-3,5H2;1H/t8-;/m0./s1. The molecule has 68 valence electrons. The van der Waals surface area contributed by atoms with Crippen molar-refractivity contribution in [2.45, 2.75) is 6.04 Å². The lowest BCUT2D eigenvalue weighted by Crippen LogP contribution is -2.42. The van der Waals surface area contributed by atoms with Gasteiger partial charge in [0.15, 0.2) is 0 Å². The third kappa shape index (κ3) is 2.00. The van der Waals surface area contributed by atoms with E-state index in [4.69, 9.17) is 4.42 Å².